The van der Waals surface area contributed by atoms with Gasteiger partial charge in [0.2, 0.25) is 0 Å². The number of hydrogen-bond acceptors (Lipinski definition) is 2. The quantitative estimate of drug-likeness (QED) is 0.759. The zero-order valence-electron chi connectivity index (χ0n) is 7.43. The highest BCUT2D eigenvalue weighted by atomic mass is 79.9. The lowest BCUT2D eigenvalue weighted by Gasteiger charge is -2.19. The molecule has 1 aromatic rings. The zero-order chi connectivity index (χ0) is 9.42. The van der Waals surface area contributed by atoms with Crippen LogP contribution in [0.15, 0.2) is 10.5 Å². The van der Waals surface area contributed by atoms with Gasteiger partial charge in [-0.25, -0.2) is 0 Å². The summed E-state index contributed by atoms with van der Waals surface area (Å²) < 4.78 is 6.29. The molecule has 0 amide bonds. The number of hydrogen-bond donors (Lipinski definition) is 1. The number of halogens is 1. The minimum absolute atomic E-state index is 0.337. The second-order valence-electron chi connectivity index (χ2n) is 3.28. The molecule has 0 atom stereocenters. The number of aromatic hydroxyl groups is 1. The Labute approximate surface area is 85.7 Å². The third-order valence-corrected chi connectivity index (χ3v) is 3.17. The highest BCUT2D eigenvalue weighted by molar-refractivity contribution is 9.10. The summed E-state index contributed by atoms with van der Waals surface area (Å²) in [4.78, 5) is 0. The van der Waals surface area contributed by atoms with Gasteiger partial charge in [0.15, 0.2) is 0 Å². The van der Waals surface area contributed by atoms with Gasteiger partial charge in [-0.05, 0) is 47.3 Å². The van der Waals surface area contributed by atoms with Crippen LogP contribution in [-0.4, -0.2) is 11.7 Å². The van der Waals surface area contributed by atoms with E-state index in [2.05, 4.69) is 15.9 Å². The van der Waals surface area contributed by atoms with Gasteiger partial charge in [0.25, 0.3) is 0 Å². The van der Waals surface area contributed by atoms with E-state index in [-0.39, 0.29) is 0 Å². The summed E-state index contributed by atoms with van der Waals surface area (Å²) >= 11 is 3.39. The normalized spacial score (nSPS) is 14.9. The first kappa shape index (κ1) is 8.88. The minimum atomic E-state index is 0.337. The van der Waals surface area contributed by atoms with Gasteiger partial charge in [-0.15, -0.1) is 0 Å². The molecule has 1 N–H and O–H groups in total. The van der Waals surface area contributed by atoms with E-state index in [0.29, 0.717) is 5.75 Å². The summed E-state index contributed by atoms with van der Waals surface area (Å²) in [7, 11) is 0. The molecule has 13 heavy (non-hydrogen) atoms. The van der Waals surface area contributed by atoms with E-state index in [0.717, 1.165) is 40.8 Å². The average molecular weight is 243 g/mol. The van der Waals surface area contributed by atoms with Gasteiger partial charge in [0.1, 0.15) is 11.5 Å². The summed E-state index contributed by atoms with van der Waals surface area (Å²) in [6.45, 7) is 2.65. The van der Waals surface area contributed by atoms with Crippen LogP contribution in [0.1, 0.15) is 17.5 Å². The highest BCUT2D eigenvalue weighted by Gasteiger charge is 2.17. The third-order valence-electron chi connectivity index (χ3n) is 2.32. The minimum Gasteiger partial charge on any atom is -0.506 e. The number of aryl methyl sites for hydroxylation is 1. The lowest BCUT2D eigenvalue weighted by Crippen LogP contribution is -2.09. The number of phenolic OH excluding ortho intramolecular Hbond substituents is 1. The first-order chi connectivity index (χ1) is 6.20. The molecule has 2 rings (SSSR count). The predicted molar refractivity (Wildman–Crippen MR) is 54.4 cm³/mol. The first-order valence-electron chi connectivity index (χ1n) is 4.34. The van der Waals surface area contributed by atoms with Gasteiger partial charge >= 0.3 is 0 Å². The molecule has 1 heterocycles. The van der Waals surface area contributed by atoms with Gasteiger partial charge in [-0.1, -0.05) is 0 Å². The molecule has 0 saturated carbocycles. The molecular weight excluding hydrogens is 232 g/mol. The Morgan fingerprint density at radius 2 is 2.31 bits per heavy atom. The van der Waals surface area contributed by atoms with Crippen molar-refractivity contribution >= 4 is 15.9 Å². The Morgan fingerprint density at radius 3 is 3.08 bits per heavy atom. The molecule has 0 spiro atoms. The molecule has 0 radical (unpaired) electrons. The van der Waals surface area contributed by atoms with Crippen LogP contribution in [0.3, 0.4) is 0 Å². The van der Waals surface area contributed by atoms with Crippen molar-refractivity contribution < 1.29 is 9.84 Å². The predicted octanol–water partition coefficient (Wildman–Crippen LogP) is 2.79. The molecule has 1 aliphatic rings. The van der Waals surface area contributed by atoms with Crippen LogP contribution in [0.2, 0.25) is 0 Å². The van der Waals surface area contributed by atoms with E-state index in [9.17, 15) is 5.11 Å². The monoisotopic (exact) mass is 242 g/mol. The van der Waals surface area contributed by atoms with Gasteiger partial charge in [-0.3, -0.25) is 0 Å². The number of phenols is 1. The molecule has 1 aromatic carbocycles. The maximum absolute atomic E-state index is 9.66. The maximum atomic E-state index is 9.66. The summed E-state index contributed by atoms with van der Waals surface area (Å²) in [5, 5.41) is 9.66. The number of rotatable bonds is 0. The summed E-state index contributed by atoms with van der Waals surface area (Å²) in [6, 6.07) is 1.90. The molecular formula is C10H11BrO2. The van der Waals surface area contributed by atoms with Crippen molar-refractivity contribution in [1.82, 2.24) is 0 Å². The molecule has 0 saturated heterocycles. The van der Waals surface area contributed by atoms with Crippen LogP contribution in [0.4, 0.5) is 0 Å². The maximum Gasteiger partial charge on any atom is 0.133 e. The van der Waals surface area contributed by atoms with Crippen LogP contribution in [0, 0.1) is 6.92 Å². The second kappa shape index (κ2) is 3.22. The Hall–Kier alpha value is -0.700. The first-order valence-corrected chi connectivity index (χ1v) is 5.13. The molecule has 0 fully saturated rings. The zero-order valence-corrected chi connectivity index (χ0v) is 9.02. The highest BCUT2D eigenvalue weighted by Crippen LogP contribution is 2.39. The standard InChI is InChI=1S/C10H11BrO2/c1-6-5-8-7(3-2-4-13-8)9(11)10(6)12/h5,12H,2-4H2,1H3. The molecule has 1 aliphatic heterocycles. The number of ether oxygens (including phenoxy) is 1. The van der Waals surface area contributed by atoms with Crippen LogP contribution < -0.4 is 4.74 Å². The van der Waals surface area contributed by atoms with Crippen molar-refractivity contribution in [3.63, 3.8) is 0 Å². The second-order valence-corrected chi connectivity index (χ2v) is 4.08. The fourth-order valence-electron chi connectivity index (χ4n) is 1.57. The number of benzene rings is 1. The van der Waals surface area contributed by atoms with Crippen LogP contribution in [-0.2, 0) is 6.42 Å². The van der Waals surface area contributed by atoms with Gasteiger partial charge < -0.3 is 9.84 Å². The van der Waals surface area contributed by atoms with Crippen molar-refractivity contribution in [2.75, 3.05) is 6.61 Å². The fraction of sp³-hybridized carbons (Fsp3) is 0.400. The topological polar surface area (TPSA) is 29.5 Å². The van der Waals surface area contributed by atoms with Crippen molar-refractivity contribution in [2.24, 2.45) is 0 Å². The van der Waals surface area contributed by atoms with Crippen molar-refractivity contribution in [1.29, 1.82) is 0 Å². The van der Waals surface area contributed by atoms with E-state index in [4.69, 9.17) is 4.74 Å². The summed E-state index contributed by atoms with van der Waals surface area (Å²) in [5.41, 5.74) is 1.95. The molecule has 0 aliphatic carbocycles. The van der Waals surface area contributed by atoms with Gasteiger partial charge in [0.05, 0.1) is 11.1 Å². The van der Waals surface area contributed by atoms with E-state index >= 15 is 0 Å². The van der Waals surface area contributed by atoms with Gasteiger partial charge in [-0.2, -0.15) is 0 Å². The van der Waals surface area contributed by atoms with E-state index in [1.165, 1.54) is 0 Å². The lowest BCUT2D eigenvalue weighted by molar-refractivity contribution is 0.286. The van der Waals surface area contributed by atoms with E-state index in [1.54, 1.807) is 0 Å². The van der Waals surface area contributed by atoms with Crippen LogP contribution >= 0.6 is 15.9 Å². The SMILES string of the molecule is Cc1cc2c(c(Br)c1O)CCCO2. The Balaban J connectivity index is 2.60. The van der Waals surface area contributed by atoms with Crippen molar-refractivity contribution in [3.8, 4) is 11.5 Å². The van der Waals surface area contributed by atoms with Crippen molar-refractivity contribution in [3.05, 3.63) is 21.7 Å². The Kier molecular flexibility index (Phi) is 2.20. The fourth-order valence-corrected chi connectivity index (χ4v) is 2.28. The van der Waals surface area contributed by atoms with Crippen LogP contribution in [0.5, 0.6) is 11.5 Å². The third kappa shape index (κ3) is 1.41. The van der Waals surface area contributed by atoms with E-state index in [1.807, 2.05) is 13.0 Å². The lowest BCUT2D eigenvalue weighted by atomic mass is 10.0. The molecule has 2 nitrogen and oxygen atoms in total. The molecule has 0 unspecified atom stereocenters. The largest absolute Gasteiger partial charge is 0.506 e. The summed E-state index contributed by atoms with van der Waals surface area (Å²) in [6.07, 6.45) is 2.00. The van der Waals surface area contributed by atoms with Gasteiger partial charge in [0, 0.05) is 5.56 Å². The smallest absolute Gasteiger partial charge is 0.133 e. The molecule has 0 bridgehead atoms. The van der Waals surface area contributed by atoms with Crippen molar-refractivity contribution in [2.45, 2.75) is 19.8 Å². The molecule has 70 valence electrons. The molecule has 3 heteroatoms. The average Bonchev–Trinajstić information content (AvgIpc) is 2.15. The van der Waals surface area contributed by atoms with E-state index < -0.39 is 0 Å². The summed E-state index contributed by atoms with van der Waals surface area (Å²) in [5.74, 6) is 1.25. The number of fused-ring (bicyclic) bond motifs is 1. The Bertz CT molecular complexity index is 347. The van der Waals surface area contributed by atoms with Crippen LogP contribution in [0.25, 0.3) is 0 Å². The molecule has 0 aromatic heterocycles. The Morgan fingerprint density at radius 1 is 1.54 bits per heavy atom.